The minimum atomic E-state index is -0.0395. The predicted octanol–water partition coefficient (Wildman–Crippen LogP) is 4.40. The third-order valence-corrected chi connectivity index (χ3v) is 3.81. The van der Waals surface area contributed by atoms with Crippen molar-refractivity contribution >= 4 is 33.4 Å². The van der Waals surface area contributed by atoms with Crippen LogP contribution in [0.15, 0.2) is 71.1 Å². The molecule has 3 aromatic carbocycles. The second-order valence-electron chi connectivity index (χ2n) is 5.26. The van der Waals surface area contributed by atoms with E-state index in [-0.39, 0.29) is 5.78 Å². The van der Waals surface area contributed by atoms with Crippen LogP contribution in [0.1, 0.15) is 15.9 Å². The lowest BCUT2D eigenvalue weighted by Crippen LogP contribution is -2.01. The van der Waals surface area contributed by atoms with Crippen molar-refractivity contribution in [1.82, 2.24) is 0 Å². The summed E-state index contributed by atoms with van der Waals surface area (Å²) in [6.45, 7) is 0. The van der Waals surface area contributed by atoms with Crippen molar-refractivity contribution in [3.05, 3.63) is 77.9 Å². The predicted molar refractivity (Wildman–Crippen MR) is 88.0 cm³/mol. The number of anilines is 1. The molecule has 2 N–H and O–H groups in total. The Morgan fingerprint density at radius 2 is 1.45 bits per heavy atom. The number of nitrogens with two attached hydrogens (primary N) is 1. The van der Waals surface area contributed by atoms with Crippen LogP contribution in [0.5, 0.6) is 0 Å². The molecule has 1 heterocycles. The Balaban J connectivity index is 1.83. The lowest BCUT2D eigenvalue weighted by Gasteiger charge is -2.02. The van der Waals surface area contributed by atoms with E-state index in [1.165, 1.54) is 0 Å². The monoisotopic (exact) mass is 287 g/mol. The van der Waals surface area contributed by atoms with E-state index in [0.717, 1.165) is 21.9 Å². The Morgan fingerprint density at radius 3 is 2.27 bits per heavy atom. The zero-order valence-electron chi connectivity index (χ0n) is 11.7. The SMILES string of the molecule is Nc1ccc(C(=O)c2ccc3c(c2)oc2ccccc23)cc1. The maximum Gasteiger partial charge on any atom is 0.193 e. The molecule has 0 aliphatic rings. The fourth-order valence-electron chi connectivity index (χ4n) is 2.67. The molecule has 0 aliphatic carbocycles. The summed E-state index contributed by atoms with van der Waals surface area (Å²) in [5.74, 6) is -0.0395. The Morgan fingerprint density at radius 1 is 0.773 bits per heavy atom. The Hall–Kier alpha value is -3.07. The smallest absolute Gasteiger partial charge is 0.193 e. The number of rotatable bonds is 2. The highest BCUT2D eigenvalue weighted by Crippen LogP contribution is 2.29. The van der Waals surface area contributed by atoms with Gasteiger partial charge in [-0.15, -0.1) is 0 Å². The molecule has 0 saturated carbocycles. The maximum atomic E-state index is 12.5. The first kappa shape index (κ1) is 12.7. The fourth-order valence-corrected chi connectivity index (χ4v) is 2.67. The van der Waals surface area contributed by atoms with Crippen LogP contribution in [0.25, 0.3) is 21.9 Å². The number of carbonyl (C=O) groups is 1. The van der Waals surface area contributed by atoms with Gasteiger partial charge in [0.05, 0.1) is 0 Å². The highest BCUT2D eigenvalue weighted by atomic mass is 16.3. The number of fused-ring (bicyclic) bond motifs is 3. The first-order chi connectivity index (χ1) is 10.7. The van der Waals surface area contributed by atoms with E-state index >= 15 is 0 Å². The molecule has 0 saturated heterocycles. The van der Waals surface area contributed by atoms with Crippen LogP contribution in [0.3, 0.4) is 0 Å². The van der Waals surface area contributed by atoms with Gasteiger partial charge in [-0.25, -0.2) is 0 Å². The number of para-hydroxylation sites is 1. The average molecular weight is 287 g/mol. The van der Waals surface area contributed by atoms with Crippen LogP contribution in [-0.2, 0) is 0 Å². The number of ketones is 1. The second-order valence-corrected chi connectivity index (χ2v) is 5.26. The van der Waals surface area contributed by atoms with Gasteiger partial charge < -0.3 is 10.2 Å². The normalized spacial score (nSPS) is 11.1. The second kappa shape index (κ2) is 4.74. The van der Waals surface area contributed by atoms with Crippen LogP contribution in [-0.4, -0.2) is 5.78 Å². The van der Waals surface area contributed by atoms with Gasteiger partial charge in [-0.1, -0.05) is 24.3 Å². The van der Waals surface area contributed by atoms with Gasteiger partial charge in [0.15, 0.2) is 5.78 Å². The van der Waals surface area contributed by atoms with Gasteiger partial charge in [0.1, 0.15) is 11.2 Å². The van der Waals surface area contributed by atoms with E-state index in [1.807, 2.05) is 36.4 Å². The minimum Gasteiger partial charge on any atom is -0.456 e. The number of nitrogen functional groups attached to an aromatic ring is 1. The highest BCUT2D eigenvalue weighted by Gasteiger charge is 2.12. The Kier molecular flexibility index (Phi) is 2.73. The first-order valence-corrected chi connectivity index (χ1v) is 7.04. The summed E-state index contributed by atoms with van der Waals surface area (Å²) >= 11 is 0. The van der Waals surface area contributed by atoms with Crippen molar-refractivity contribution in [2.24, 2.45) is 0 Å². The lowest BCUT2D eigenvalue weighted by molar-refractivity contribution is 0.103. The van der Waals surface area contributed by atoms with Gasteiger partial charge in [0.2, 0.25) is 0 Å². The summed E-state index contributed by atoms with van der Waals surface area (Å²) in [5, 5.41) is 2.08. The van der Waals surface area contributed by atoms with Gasteiger partial charge in [0, 0.05) is 27.6 Å². The zero-order chi connectivity index (χ0) is 15.1. The van der Waals surface area contributed by atoms with Crippen molar-refractivity contribution in [3.8, 4) is 0 Å². The van der Waals surface area contributed by atoms with Crippen LogP contribution < -0.4 is 5.73 Å². The number of carbonyl (C=O) groups excluding carboxylic acids is 1. The molecular formula is C19H13NO2. The third kappa shape index (κ3) is 1.95. The van der Waals surface area contributed by atoms with E-state index in [0.29, 0.717) is 16.8 Å². The van der Waals surface area contributed by atoms with Gasteiger partial charge in [-0.2, -0.15) is 0 Å². The Bertz CT molecular complexity index is 997. The molecule has 106 valence electrons. The minimum absolute atomic E-state index is 0.0395. The van der Waals surface area contributed by atoms with Gasteiger partial charge in [-0.3, -0.25) is 4.79 Å². The largest absolute Gasteiger partial charge is 0.456 e. The van der Waals surface area contributed by atoms with E-state index < -0.39 is 0 Å². The molecule has 0 fully saturated rings. The van der Waals surface area contributed by atoms with E-state index in [4.69, 9.17) is 10.2 Å². The maximum absolute atomic E-state index is 12.5. The molecule has 0 aliphatic heterocycles. The Labute approximate surface area is 127 Å². The molecule has 4 rings (SSSR count). The van der Waals surface area contributed by atoms with Gasteiger partial charge in [-0.05, 0) is 42.5 Å². The molecule has 0 bridgehead atoms. The van der Waals surface area contributed by atoms with E-state index in [1.54, 1.807) is 30.3 Å². The molecule has 0 amide bonds. The van der Waals surface area contributed by atoms with Crippen molar-refractivity contribution in [1.29, 1.82) is 0 Å². The van der Waals surface area contributed by atoms with Crippen LogP contribution >= 0.6 is 0 Å². The molecule has 0 atom stereocenters. The first-order valence-electron chi connectivity index (χ1n) is 7.04. The zero-order valence-corrected chi connectivity index (χ0v) is 11.7. The standard InChI is InChI=1S/C19H13NO2/c20-14-8-5-12(6-9-14)19(21)13-7-10-16-15-3-1-2-4-17(15)22-18(16)11-13/h1-11H,20H2. The van der Waals surface area contributed by atoms with E-state index in [9.17, 15) is 4.79 Å². The molecular weight excluding hydrogens is 274 g/mol. The van der Waals surface area contributed by atoms with Crippen LogP contribution in [0, 0.1) is 0 Å². The summed E-state index contributed by atoms with van der Waals surface area (Å²) in [7, 11) is 0. The third-order valence-electron chi connectivity index (χ3n) is 3.81. The summed E-state index contributed by atoms with van der Waals surface area (Å²) in [6.07, 6.45) is 0. The lowest BCUT2D eigenvalue weighted by atomic mass is 10.0. The number of hydrogen-bond donors (Lipinski definition) is 1. The number of benzene rings is 3. The van der Waals surface area contributed by atoms with Crippen molar-refractivity contribution < 1.29 is 9.21 Å². The molecule has 22 heavy (non-hydrogen) atoms. The summed E-state index contributed by atoms with van der Waals surface area (Å²) in [5.41, 5.74) is 9.08. The van der Waals surface area contributed by atoms with Crippen LogP contribution in [0.2, 0.25) is 0 Å². The summed E-state index contributed by atoms with van der Waals surface area (Å²) in [4.78, 5) is 12.5. The van der Waals surface area contributed by atoms with Gasteiger partial charge in [0.25, 0.3) is 0 Å². The van der Waals surface area contributed by atoms with Crippen molar-refractivity contribution in [3.63, 3.8) is 0 Å². The molecule has 1 aromatic heterocycles. The molecule has 0 unspecified atom stereocenters. The molecule has 0 radical (unpaired) electrons. The van der Waals surface area contributed by atoms with Crippen molar-refractivity contribution in [2.75, 3.05) is 5.73 Å². The average Bonchev–Trinajstić information content (AvgIpc) is 2.92. The fraction of sp³-hybridized carbons (Fsp3) is 0. The van der Waals surface area contributed by atoms with Crippen molar-refractivity contribution in [2.45, 2.75) is 0 Å². The highest BCUT2D eigenvalue weighted by molar-refractivity contribution is 6.12. The molecule has 3 nitrogen and oxygen atoms in total. The van der Waals surface area contributed by atoms with Crippen LogP contribution in [0.4, 0.5) is 5.69 Å². The molecule has 3 heteroatoms. The quantitative estimate of drug-likeness (QED) is 0.439. The molecule has 0 spiro atoms. The number of hydrogen-bond acceptors (Lipinski definition) is 3. The summed E-state index contributed by atoms with van der Waals surface area (Å²) < 4.78 is 5.83. The number of furan rings is 1. The van der Waals surface area contributed by atoms with Gasteiger partial charge >= 0.3 is 0 Å². The topological polar surface area (TPSA) is 56.2 Å². The van der Waals surface area contributed by atoms with E-state index in [2.05, 4.69) is 0 Å². The summed E-state index contributed by atoms with van der Waals surface area (Å²) in [6, 6.07) is 20.4. The molecule has 4 aromatic rings.